The summed E-state index contributed by atoms with van der Waals surface area (Å²) >= 11 is 0. The number of ether oxygens (including phenoxy) is 1. The standard InChI is InChI=1S/C18H18F2N2O2/c1-2-24-14-7-6-12-8-9-22(11-13(12)10-14)18(23)21-16-5-3-4-15(19)17(16)20/h3-7,10H,2,8-9,11H2,1H3,(H,21,23). The van der Waals surface area contributed by atoms with E-state index in [1.165, 1.54) is 17.7 Å². The van der Waals surface area contributed by atoms with Crippen LogP contribution >= 0.6 is 0 Å². The lowest BCUT2D eigenvalue weighted by atomic mass is 10.00. The number of urea groups is 1. The lowest BCUT2D eigenvalue weighted by Gasteiger charge is -2.29. The summed E-state index contributed by atoms with van der Waals surface area (Å²) in [6, 6.07) is 9.09. The van der Waals surface area contributed by atoms with Crippen molar-refractivity contribution in [3.05, 3.63) is 59.2 Å². The van der Waals surface area contributed by atoms with Gasteiger partial charge in [0.15, 0.2) is 11.6 Å². The largest absolute Gasteiger partial charge is 0.494 e. The Balaban J connectivity index is 1.73. The number of fused-ring (bicyclic) bond motifs is 1. The first-order valence-electron chi connectivity index (χ1n) is 7.83. The summed E-state index contributed by atoms with van der Waals surface area (Å²) in [6.45, 7) is 3.40. The Labute approximate surface area is 139 Å². The van der Waals surface area contributed by atoms with Crippen LogP contribution in [0.25, 0.3) is 0 Å². The normalized spacial score (nSPS) is 13.4. The molecule has 2 amide bonds. The third kappa shape index (κ3) is 3.32. The zero-order chi connectivity index (χ0) is 17.1. The minimum absolute atomic E-state index is 0.158. The number of carbonyl (C=O) groups excluding carboxylic acids is 1. The summed E-state index contributed by atoms with van der Waals surface area (Å²) in [7, 11) is 0. The lowest BCUT2D eigenvalue weighted by Crippen LogP contribution is -2.39. The van der Waals surface area contributed by atoms with E-state index in [9.17, 15) is 13.6 Å². The molecule has 3 rings (SSSR count). The Morgan fingerprint density at radius 1 is 1.25 bits per heavy atom. The van der Waals surface area contributed by atoms with Crippen molar-refractivity contribution < 1.29 is 18.3 Å². The first kappa shape index (κ1) is 16.2. The zero-order valence-corrected chi connectivity index (χ0v) is 13.3. The minimum atomic E-state index is -1.05. The molecule has 126 valence electrons. The number of nitrogens with one attached hydrogen (secondary N) is 1. The van der Waals surface area contributed by atoms with E-state index in [1.54, 1.807) is 4.90 Å². The second-order valence-electron chi connectivity index (χ2n) is 5.57. The Kier molecular flexibility index (Phi) is 4.64. The predicted octanol–water partition coefficient (Wildman–Crippen LogP) is 3.95. The number of hydrogen-bond donors (Lipinski definition) is 1. The molecule has 1 N–H and O–H groups in total. The maximum absolute atomic E-state index is 13.7. The Morgan fingerprint density at radius 2 is 2.08 bits per heavy atom. The molecule has 0 bridgehead atoms. The van der Waals surface area contributed by atoms with Gasteiger partial charge in [-0.3, -0.25) is 0 Å². The van der Waals surface area contributed by atoms with Gasteiger partial charge in [0.1, 0.15) is 5.75 Å². The highest BCUT2D eigenvalue weighted by atomic mass is 19.2. The quantitative estimate of drug-likeness (QED) is 0.924. The fourth-order valence-electron chi connectivity index (χ4n) is 2.76. The van der Waals surface area contributed by atoms with E-state index in [2.05, 4.69) is 5.32 Å². The lowest BCUT2D eigenvalue weighted by molar-refractivity contribution is 0.206. The highest BCUT2D eigenvalue weighted by Gasteiger charge is 2.22. The van der Waals surface area contributed by atoms with Gasteiger partial charge >= 0.3 is 6.03 Å². The van der Waals surface area contributed by atoms with Crippen molar-refractivity contribution >= 4 is 11.7 Å². The summed E-state index contributed by atoms with van der Waals surface area (Å²) in [5.74, 6) is -1.28. The molecule has 0 saturated heterocycles. The molecule has 24 heavy (non-hydrogen) atoms. The number of anilines is 1. The van der Waals surface area contributed by atoms with Crippen LogP contribution in [0.5, 0.6) is 5.75 Å². The summed E-state index contributed by atoms with van der Waals surface area (Å²) in [6.07, 6.45) is 0.709. The van der Waals surface area contributed by atoms with Crippen LogP contribution in [0.1, 0.15) is 18.1 Å². The van der Waals surface area contributed by atoms with Gasteiger partial charge in [-0.15, -0.1) is 0 Å². The molecule has 0 unspecified atom stereocenters. The molecule has 2 aromatic carbocycles. The van der Waals surface area contributed by atoms with Gasteiger partial charge in [-0.25, -0.2) is 13.6 Å². The first-order chi connectivity index (χ1) is 11.6. The van der Waals surface area contributed by atoms with E-state index in [0.29, 0.717) is 26.1 Å². The van der Waals surface area contributed by atoms with Crippen molar-refractivity contribution in [1.29, 1.82) is 0 Å². The van der Waals surface area contributed by atoms with Gasteiger partial charge in [0.05, 0.1) is 12.3 Å². The van der Waals surface area contributed by atoms with Crippen LogP contribution in [-0.4, -0.2) is 24.1 Å². The van der Waals surface area contributed by atoms with E-state index < -0.39 is 17.7 Å². The van der Waals surface area contributed by atoms with Crippen LogP contribution in [0, 0.1) is 11.6 Å². The molecule has 1 heterocycles. The molecule has 1 aliphatic rings. The molecule has 0 saturated carbocycles. The average molecular weight is 332 g/mol. The van der Waals surface area contributed by atoms with Gasteiger partial charge in [-0.1, -0.05) is 12.1 Å². The van der Waals surface area contributed by atoms with Crippen LogP contribution in [0.2, 0.25) is 0 Å². The monoisotopic (exact) mass is 332 g/mol. The van der Waals surface area contributed by atoms with Crippen molar-refractivity contribution in [2.24, 2.45) is 0 Å². The van der Waals surface area contributed by atoms with Crippen molar-refractivity contribution in [3.63, 3.8) is 0 Å². The zero-order valence-electron chi connectivity index (χ0n) is 13.3. The van der Waals surface area contributed by atoms with E-state index in [4.69, 9.17) is 4.74 Å². The maximum Gasteiger partial charge on any atom is 0.322 e. The fraction of sp³-hybridized carbons (Fsp3) is 0.278. The third-order valence-electron chi connectivity index (χ3n) is 3.98. The number of amides is 2. The Morgan fingerprint density at radius 3 is 2.88 bits per heavy atom. The highest BCUT2D eigenvalue weighted by molar-refractivity contribution is 5.89. The summed E-state index contributed by atoms with van der Waals surface area (Å²) in [5.41, 5.74) is 2.01. The topological polar surface area (TPSA) is 41.6 Å². The Hall–Kier alpha value is -2.63. The smallest absolute Gasteiger partial charge is 0.322 e. The molecular weight excluding hydrogens is 314 g/mol. The van der Waals surface area contributed by atoms with E-state index in [0.717, 1.165) is 17.4 Å². The number of rotatable bonds is 3. The molecule has 0 aliphatic carbocycles. The minimum Gasteiger partial charge on any atom is -0.494 e. The summed E-state index contributed by atoms with van der Waals surface area (Å²) in [4.78, 5) is 13.9. The molecule has 0 atom stereocenters. The second kappa shape index (κ2) is 6.86. The van der Waals surface area contributed by atoms with Gasteiger partial charge in [-0.05, 0) is 48.7 Å². The van der Waals surface area contributed by atoms with Crippen LogP contribution in [0.3, 0.4) is 0 Å². The van der Waals surface area contributed by atoms with Crippen molar-refractivity contribution in [1.82, 2.24) is 4.90 Å². The molecule has 2 aromatic rings. The highest BCUT2D eigenvalue weighted by Crippen LogP contribution is 2.25. The van der Waals surface area contributed by atoms with E-state index >= 15 is 0 Å². The van der Waals surface area contributed by atoms with Crippen LogP contribution in [0.15, 0.2) is 36.4 Å². The van der Waals surface area contributed by atoms with E-state index in [1.807, 2.05) is 25.1 Å². The molecule has 4 nitrogen and oxygen atoms in total. The number of nitrogens with zero attached hydrogens (tertiary/aromatic N) is 1. The average Bonchev–Trinajstić information content (AvgIpc) is 2.58. The van der Waals surface area contributed by atoms with Gasteiger partial charge in [0.25, 0.3) is 0 Å². The van der Waals surface area contributed by atoms with Crippen LogP contribution < -0.4 is 10.1 Å². The predicted molar refractivity (Wildman–Crippen MR) is 87.1 cm³/mol. The Bertz CT molecular complexity index is 765. The van der Waals surface area contributed by atoms with Gasteiger partial charge < -0.3 is 15.0 Å². The number of hydrogen-bond acceptors (Lipinski definition) is 2. The third-order valence-corrected chi connectivity index (χ3v) is 3.98. The first-order valence-corrected chi connectivity index (χ1v) is 7.83. The van der Waals surface area contributed by atoms with Crippen molar-refractivity contribution in [3.8, 4) is 5.75 Å². The maximum atomic E-state index is 13.7. The summed E-state index contributed by atoms with van der Waals surface area (Å²) < 4.78 is 32.4. The molecule has 6 heteroatoms. The van der Waals surface area contributed by atoms with Crippen molar-refractivity contribution in [2.45, 2.75) is 19.9 Å². The number of benzene rings is 2. The van der Waals surface area contributed by atoms with Crippen LogP contribution in [0.4, 0.5) is 19.3 Å². The van der Waals surface area contributed by atoms with Crippen molar-refractivity contribution in [2.75, 3.05) is 18.5 Å². The number of halogens is 2. The number of carbonyl (C=O) groups is 1. The molecule has 1 aliphatic heterocycles. The van der Waals surface area contributed by atoms with E-state index in [-0.39, 0.29) is 5.69 Å². The van der Waals surface area contributed by atoms with Gasteiger partial charge in [0, 0.05) is 13.1 Å². The molecule has 0 aromatic heterocycles. The second-order valence-corrected chi connectivity index (χ2v) is 5.57. The molecule has 0 radical (unpaired) electrons. The van der Waals surface area contributed by atoms with Gasteiger partial charge in [-0.2, -0.15) is 0 Å². The SMILES string of the molecule is CCOc1ccc2c(c1)CN(C(=O)Nc1cccc(F)c1F)CC2. The van der Waals surface area contributed by atoms with Gasteiger partial charge in [0.2, 0.25) is 0 Å². The molecular formula is C18H18F2N2O2. The summed E-state index contributed by atoms with van der Waals surface area (Å²) in [5, 5.41) is 2.43. The fourth-order valence-corrected chi connectivity index (χ4v) is 2.76. The molecule has 0 spiro atoms. The van der Waals surface area contributed by atoms with Crippen LogP contribution in [-0.2, 0) is 13.0 Å². The molecule has 0 fully saturated rings.